The van der Waals surface area contributed by atoms with E-state index in [9.17, 15) is 8.42 Å². The van der Waals surface area contributed by atoms with Crippen molar-refractivity contribution in [3.8, 4) is 0 Å². The zero-order valence-corrected chi connectivity index (χ0v) is 11.0. The number of nitrogens with one attached hydrogen (secondary N) is 2. The van der Waals surface area contributed by atoms with Crippen molar-refractivity contribution in [1.82, 2.24) is 10.0 Å². The summed E-state index contributed by atoms with van der Waals surface area (Å²) in [4.78, 5) is 0. The maximum atomic E-state index is 12.1. The van der Waals surface area contributed by atoms with Crippen molar-refractivity contribution >= 4 is 10.0 Å². The minimum atomic E-state index is -3.11. The van der Waals surface area contributed by atoms with Crippen LogP contribution in [0, 0.1) is 5.92 Å². The number of hydrogen-bond donors (Lipinski definition) is 2. The Labute approximate surface area is 103 Å². The van der Waals surface area contributed by atoms with Crippen LogP contribution in [0.15, 0.2) is 0 Å². The fourth-order valence-electron chi connectivity index (χ4n) is 2.41. The SMILES string of the molecule is O=S(=O)(NCC1CCOCC1)C1CCNCC1. The molecule has 0 bridgehead atoms. The van der Waals surface area contributed by atoms with Gasteiger partial charge in [0.25, 0.3) is 0 Å². The molecule has 0 saturated carbocycles. The molecular formula is C11H22N2O3S. The van der Waals surface area contributed by atoms with Gasteiger partial charge in [-0.1, -0.05) is 0 Å². The van der Waals surface area contributed by atoms with Crippen molar-refractivity contribution in [2.24, 2.45) is 5.92 Å². The molecule has 2 heterocycles. The lowest BCUT2D eigenvalue weighted by molar-refractivity contribution is 0.0678. The average Bonchev–Trinajstić information content (AvgIpc) is 2.39. The quantitative estimate of drug-likeness (QED) is 0.753. The van der Waals surface area contributed by atoms with Crippen LogP contribution in [0.5, 0.6) is 0 Å². The van der Waals surface area contributed by atoms with Crippen molar-refractivity contribution in [2.75, 3.05) is 32.8 Å². The summed E-state index contributed by atoms with van der Waals surface area (Å²) in [7, 11) is -3.11. The zero-order valence-electron chi connectivity index (χ0n) is 10.2. The lowest BCUT2D eigenvalue weighted by Crippen LogP contribution is -2.43. The third-order valence-corrected chi connectivity index (χ3v) is 5.56. The predicted octanol–water partition coefficient (Wildman–Crippen LogP) is 0.0844. The Bertz CT molecular complexity index is 320. The second kappa shape index (κ2) is 6.13. The van der Waals surface area contributed by atoms with E-state index in [1.807, 2.05) is 0 Å². The normalized spacial score (nSPS) is 24.9. The van der Waals surface area contributed by atoms with Crippen LogP contribution in [0.4, 0.5) is 0 Å². The predicted molar refractivity (Wildman–Crippen MR) is 66.4 cm³/mol. The summed E-state index contributed by atoms with van der Waals surface area (Å²) in [5.74, 6) is 0.445. The molecule has 0 aromatic heterocycles. The number of ether oxygens (including phenoxy) is 1. The van der Waals surface area contributed by atoms with Crippen LogP contribution < -0.4 is 10.0 Å². The minimum Gasteiger partial charge on any atom is -0.381 e. The van der Waals surface area contributed by atoms with Gasteiger partial charge in [-0.15, -0.1) is 0 Å². The van der Waals surface area contributed by atoms with Gasteiger partial charge in [0.15, 0.2) is 0 Å². The van der Waals surface area contributed by atoms with Crippen LogP contribution in [0.1, 0.15) is 25.7 Å². The van der Waals surface area contributed by atoms with Crippen LogP contribution >= 0.6 is 0 Å². The van der Waals surface area contributed by atoms with Gasteiger partial charge in [0.1, 0.15) is 0 Å². The molecule has 0 aliphatic carbocycles. The summed E-state index contributed by atoms with van der Waals surface area (Å²) in [6.07, 6.45) is 3.38. The van der Waals surface area contributed by atoms with E-state index in [0.29, 0.717) is 12.5 Å². The van der Waals surface area contributed by atoms with E-state index in [-0.39, 0.29) is 5.25 Å². The Morgan fingerprint density at radius 1 is 1.12 bits per heavy atom. The second-order valence-corrected chi connectivity index (χ2v) is 6.94. The molecule has 2 aliphatic heterocycles. The van der Waals surface area contributed by atoms with Gasteiger partial charge < -0.3 is 10.1 Å². The standard InChI is InChI=1S/C11H22N2O3S/c14-17(15,11-1-5-12-6-2-11)13-9-10-3-7-16-8-4-10/h10-13H,1-9H2. The molecule has 0 atom stereocenters. The molecule has 2 aliphatic rings. The highest BCUT2D eigenvalue weighted by Crippen LogP contribution is 2.16. The molecule has 5 nitrogen and oxygen atoms in total. The van der Waals surface area contributed by atoms with Crippen LogP contribution in [-0.4, -0.2) is 46.5 Å². The molecule has 0 aromatic rings. The van der Waals surface area contributed by atoms with E-state index in [0.717, 1.165) is 52.0 Å². The summed E-state index contributed by atoms with van der Waals surface area (Å²) in [5.41, 5.74) is 0. The maximum absolute atomic E-state index is 12.1. The van der Waals surface area contributed by atoms with Crippen LogP contribution in [0.3, 0.4) is 0 Å². The highest BCUT2D eigenvalue weighted by atomic mass is 32.2. The molecule has 0 unspecified atom stereocenters. The summed E-state index contributed by atoms with van der Waals surface area (Å²) in [6, 6.07) is 0. The van der Waals surface area contributed by atoms with Gasteiger partial charge in [-0.3, -0.25) is 0 Å². The Hall–Kier alpha value is -0.170. The van der Waals surface area contributed by atoms with Crippen molar-refractivity contribution in [1.29, 1.82) is 0 Å². The molecule has 0 radical (unpaired) electrons. The van der Waals surface area contributed by atoms with E-state index in [4.69, 9.17) is 4.74 Å². The third kappa shape index (κ3) is 3.91. The highest BCUT2D eigenvalue weighted by Gasteiger charge is 2.27. The first-order valence-corrected chi connectivity index (χ1v) is 8.00. The average molecular weight is 262 g/mol. The van der Waals surface area contributed by atoms with Gasteiger partial charge >= 0.3 is 0 Å². The molecular weight excluding hydrogens is 240 g/mol. The number of piperidine rings is 1. The van der Waals surface area contributed by atoms with Crippen LogP contribution in [0.2, 0.25) is 0 Å². The third-order valence-electron chi connectivity index (χ3n) is 3.64. The van der Waals surface area contributed by atoms with Crippen molar-refractivity contribution in [3.63, 3.8) is 0 Å². The molecule has 2 saturated heterocycles. The van der Waals surface area contributed by atoms with Gasteiger partial charge in [-0.25, -0.2) is 13.1 Å². The van der Waals surface area contributed by atoms with E-state index in [1.54, 1.807) is 0 Å². The van der Waals surface area contributed by atoms with Gasteiger partial charge in [-0.2, -0.15) is 0 Å². The zero-order chi connectivity index (χ0) is 12.1. The van der Waals surface area contributed by atoms with Gasteiger partial charge in [0.05, 0.1) is 5.25 Å². The van der Waals surface area contributed by atoms with Crippen molar-refractivity contribution in [3.05, 3.63) is 0 Å². The summed E-state index contributed by atoms with van der Waals surface area (Å²) < 4.78 is 32.2. The smallest absolute Gasteiger partial charge is 0.214 e. The van der Waals surface area contributed by atoms with E-state index in [1.165, 1.54) is 0 Å². The maximum Gasteiger partial charge on any atom is 0.214 e. The summed E-state index contributed by atoms with van der Waals surface area (Å²) in [6.45, 7) is 3.72. The summed E-state index contributed by atoms with van der Waals surface area (Å²) >= 11 is 0. The molecule has 17 heavy (non-hydrogen) atoms. The Morgan fingerprint density at radius 2 is 1.76 bits per heavy atom. The number of sulfonamides is 1. The largest absolute Gasteiger partial charge is 0.381 e. The number of rotatable bonds is 4. The first kappa shape index (κ1) is 13.3. The lowest BCUT2D eigenvalue weighted by atomic mass is 10.0. The molecule has 2 N–H and O–H groups in total. The first-order chi connectivity index (χ1) is 8.18. The van der Waals surface area contributed by atoms with E-state index >= 15 is 0 Å². The molecule has 2 rings (SSSR count). The van der Waals surface area contributed by atoms with E-state index in [2.05, 4.69) is 10.0 Å². The van der Waals surface area contributed by atoms with E-state index < -0.39 is 10.0 Å². The van der Waals surface area contributed by atoms with Crippen molar-refractivity contribution in [2.45, 2.75) is 30.9 Å². The summed E-state index contributed by atoms with van der Waals surface area (Å²) in [5, 5.41) is 2.98. The lowest BCUT2D eigenvalue weighted by Gasteiger charge is -2.26. The molecule has 0 aromatic carbocycles. The van der Waals surface area contributed by atoms with Crippen molar-refractivity contribution < 1.29 is 13.2 Å². The van der Waals surface area contributed by atoms with Crippen LogP contribution in [-0.2, 0) is 14.8 Å². The minimum absolute atomic E-state index is 0.205. The molecule has 0 amide bonds. The number of hydrogen-bond acceptors (Lipinski definition) is 4. The Balaban J connectivity index is 1.79. The highest BCUT2D eigenvalue weighted by molar-refractivity contribution is 7.90. The fraction of sp³-hybridized carbons (Fsp3) is 1.00. The van der Waals surface area contributed by atoms with Gasteiger partial charge in [0, 0.05) is 19.8 Å². The molecule has 2 fully saturated rings. The molecule has 100 valence electrons. The molecule has 0 spiro atoms. The Kier molecular flexibility index (Phi) is 4.78. The van der Waals surface area contributed by atoms with Gasteiger partial charge in [0.2, 0.25) is 10.0 Å². The second-order valence-electron chi connectivity index (χ2n) is 4.90. The first-order valence-electron chi connectivity index (χ1n) is 6.45. The van der Waals surface area contributed by atoms with Gasteiger partial charge in [-0.05, 0) is 44.7 Å². The van der Waals surface area contributed by atoms with Crippen LogP contribution in [0.25, 0.3) is 0 Å². The fourth-order valence-corrected chi connectivity index (χ4v) is 3.97. The molecule has 6 heteroatoms. The Morgan fingerprint density at radius 3 is 2.41 bits per heavy atom. The topological polar surface area (TPSA) is 67.4 Å². The monoisotopic (exact) mass is 262 g/mol.